The number of aromatic nitrogens is 1. The third-order valence-corrected chi connectivity index (χ3v) is 3.55. The molecule has 120 valence electrons. The summed E-state index contributed by atoms with van der Waals surface area (Å²) in [5.41, 5.74) is 0.992. The maximum Gasteiger partial charge on any atom is 0.269 e. The molecule has 0 aliphatic heterocycles. The van der Waals surface area contributed by atoms with E-state index >= 15 is 0 Å². The van der Waals surface area contributed by atoms with E-state index in [0.717, 1.165) is 0 Å². The Morgan fingerprint density at radius 1 is 1.17 bits per heavy atom. The monoisotopic (exact) mass is 324 g/mol. The highest BCUT2D eigenvalue weighted by atomic mass is 16.6. The average molecular weight is 324 g/mol. The SMILES string of the molecule is O=Cc1cn(C(=O)COc2ccc([N+](=O)[O-])cc2)c2ccccc12. The third kappa shape index (κ3) is 2.87. The molecule has 0 amide bonds. The molecule has 0 saturated carbocycles. The Morgan fingerprint density at radius 2 is 1.88 bits per heavy atom. The van der Waals surface area contributed by atoms with Gasteiger partial charge in [0.2, 0.25) is 0 Å². The standard InChI is InChI=1S/C17H12N2O5/c20-10-12-9-18(16-4-2-1-3-15(12)16)17(21)11-24-14-7-5-13(6-8-14)19(22)23/h1-10H,11H2. The molecule has 0 spiro atoms. The molecular formula is C17H12N2O5. The second-order valence-corrected chi connectivity index (χ2v) is 5.02. The molecule has 0 unspecified atom stereocenters. The van der Waals surface area contributed by atoms with Crippen molar-refractivity contribution in [3.63, 3.8) is 0 Å². The summed E-state index contributed by atoms with van der Waals surface area (Å²) in [5.74, 6) is -0.00123. The van der Waals surface area contributed by atoms with Gasteiger partial charge in [-0.3, -0.25) is 24.3 Å². The van der Waals surface area contributed by atoms with E-state index in [4.69, 9.17) is 4.74 Å². The van der Waals surface area contributed by atoms with Gasteiger partial charge in [0, 0.05) is 29.3 Å². The van der Waals surface area contributed by atoms with E-state index in [9.17, 15) is 19.7 Å². The van der Waals surface area contributed by atoms with E-state index in [1.807, 2.05) is 0 Å². The van der Waals surface area contributed by atoms with Crippen molar-refractivity contribution in [3.8, 4) is 5.75 Å². The molecule has 0 bridgehead atoms. The number of aldehydes is 1. The Balaban J connectivity index is 1.78. The zero-order valence-electron chi connectivity index (χ0n) is 12.4. The van der Waals surface area contributed by atoms with Crippen LogP contribution in [0.2, 0.25) is 0 Å². The smallest absolute Gasteiger partial charge is 0.269 e. The highest BCUT2D eigenvalue weighted by Crippen LogP contribution is 2.21. The van der Waals surface area contributed by atoms with Crippen molar-refractivity contribution in [3.05, 3.63) is 70.4 Å². The summed E-state index contributed by atoms with van der Waals surface area (Å²) in [4.78, 5) is 33.5. The van der Waals surface area contributed by atoms with Gasteiger partial charge < -0.3 is 4.74 Å². The number of fused-ring (bicyclic) bond motifs is 1. The van der Waals surface area contributed by atoms with Crippen LogP contribution in [0.5, 0.6) is 5.75 Å². The summed E-state index contributed by atoms with van der Waals surface area (Å²) in [6.07, 6.45) is 2.17. The average Bonchev–Trinajstić information content (AvgIpc) is 2.99. The van der Waals surface area contributed by atoms with Gasteiger partial charge in [-0.15, -0.1) is 0 Å². The number of carbonyl (C=O) groups excluding carboxylic acids is 2. The van der Waals surface area contributed by atoms with Crippen LogP contribution in [0.1, 0.15) is 15.2 Å². The summed E-state index contributed by atoms with van der Waals surface area (Å²) in [5, 5.41) is 11.3. The number of hydrogen-bond donors (Lipinski definition) is 0. The zero-order valence-corrected chi connectivity index (χ0v) is 12.4. The lowest BCUT2D eigenvalue weighted by Crippen LogP contribution is -2.18. The van der Waals surface area contributed by atoms with Crippen LogP contribution < -0.4 is 4.74 Å². The van der Waals surface area contributed by atoms with Crippen LogP contribution in [-0.2, 0) is 0 Å². The number of rotatable bonds is 5. The van der Waals surface area contributed by atoms with Gasteiger partial charge in [-0.25, -0.2) is 0 Å². The van der Waals surface area contributed by atoms with Gasteiger partial charge in [-0.2, -0.15) is 0 Å². The molecule has 7 heteroatoms. The molecule has 0 radical (unpaired) electrons. The Morgan fingerprint density at radius 3 is 2.54 bits per heavy atom. The lowest BCUT2D eigenvalue weighted by Gasteiger charge is -2.07. The lowest BCUT2D eigenvalue weighted by atomic mass is 10.2. The van der Waals surface area contributed by atoms with Crippen molar-refractivity contribution < 1.29 is 19.2 Å². The number of benzene rings is 2. The maximum absolute atomic E-state index is 12.4. The molecule has 0 fully saturated rings. The second-order valence-electron chi connectivity index (χ2n) is 5.02. The van der Waals surface area contributed by atoms with Gasteiger partial charge in [0.1, 0.15) is 5.75 Å². The predicted octanol–water partition coefficient (Wildman–Crippen LogP) is 3.08. The zero-order chi connectivity index (χ0) is 17.1. The lowest BCUT2D eigenvalue weighted by molar-refractivity contribution is -0.384. The second kappa shape index (κ2) is 6.33. The van der Waals surface area contributed by atoms with E-state index in [1.54, 1.807) is 24.3 Å². The van der Waals surface area contributed by atoms with Gasteiger partial charge in [-0.1, -0.05) is 18.2 Å². The van der Waals surface area contributed by atoms with Crippen molar-refractivity contribution in [2.75, 3.05) is 6.61 Å². The van der Waals surface area contributed by atoms with Gasteiger partial charge in [0.05, 0.1) is 10.4 Å². The van der Waals surface area contributed by atoms with Crippen LogP contribution >= 0.6 is 0 Å². The summed E-state index contributed by atoms with van der Waals surface area (Å²) in [6.45, 7) is -0.255. The van der Waals surface area contributed by atoms with Crippen molar-refractivity contribution in [1.82, 2.24) is 4.57 Å². The first kappa shape index (κ1) is 15.4. The quantitative estimate of drug-likeness (QED) is 0.408. The van der Waals surface area contributed by atoms with E-state index in [-0.39, 0.29) is 18.2 Å². The van der Waals surface area contributed by atoms with E-state index in [0.29, 0.717) is 28.5 Å². The molecular weight excluding hydrogens is 312 g/mol. The minimum atomic E-state index is -0.512. The number of nitrogens with zero attached hydrogens (tertiary/aromatic N) is 2. The predicted molar refractivity (Wildman–Crippen MR) is 86.5 cm³/mol. The van der Waals surface area contributed by atoms with E-state index in [2.05, 4.69) is 0 Å². The summed E-state index contributed by atoms with van der Waals surface area (Å²) < 4.78 is 6.73. The fourth-order valence-electron chi connectivity index (χ4n) is 2.38. The largest absolute Gasteiger partial charge is 0.484 e. The Bertz CT molecular complexity index is 928. The molecule has 3 aromatic rings. The fraction of sp³-hybridized carbons (Fsp3) is 0.0588. The number of nitro groups is 1. The van der Waals surface area contributed by atoms with Crippen molar-refractivity contribution >= 4 is 28.8 Å². The minimum Gasteiger partial charge on any atom is -0.484 e. The van der Waals surface area contributed by atoms with Crippen LogP contribution in [0.25, 0.3) is 10.9 Å². The first-order valence-electron chi connectivity index (χ1n) is 7.06. The normalized spacial score (nSPS) is 10.5. The molecule has 2 aromatic carbocycles. The van der Waals surface area contributed by atoms with Gasteiger partial charge >= 0.3 is 0 Å². The van der Waals surface area contributed by atoms with Crippen LogP contribution in [0.4, 0.5) is 5.69 Å². The molecule has 0 aliphatic carbocycles. The molecule has 3 rings (SSSR count). The molecule has 1 aromatic heterocycles. The topological polar surface area (TPSA) is 91.4 Å². The van der Waals surface area contributed by atoms with Crippen LogP contribution in [0.15, 0.2) is 54.7 Å². The van der Waals surface area contributed by atoms with Gasteiger partial charge in [0.25, 0.3) is 11.6 Å². The van der Waals surface area contributed by atoms with Gasteiger partial charge in [0.15, 0.2) is 12.9 Å². The van der Waals surface area contributed by atoms with Crippen molar-refractivity contribution in [2.45, 2.75) is 0 Å². The number of non-ortho nitro benzene ring substituents is 1. The molecule has 7 nitrogen and oxygen atoms in total. The number of ether oxygens (including phenoxy) is 1. The minimum absolute atomic E-state index is 0.0549. The molecule has 1 heterocycles. The number of nitro benzene ring substituents is 1. The van der Waals surface area contributed by atoms with Crippen LogP contribution in [0, 0.1) is 10.1 Å². The Labute approximate surface area is 136 Å². The molecule has 24 heavy (non-hydrogen) atoms. The third-order valence-electron chi connectivity index (χ3n) is 3.55. The maximum atomic E-state index is 12.4. The Kier molecular flexibility index (Phi) is 4.07. The van der Waals surface area contributed by atoms with Crippen LogP contribution in [0.3, 0.4) is 0 Å². The molecule has 0 N–H and O–H groups in total. The summed E-state index contributed by atoms with van der Waals surface area (Å²) in [7, 11) is 0. The van der Waals surface area contributed by atoms with E-state index < -0.39 is 4.92 Å². The van der Waals surface area contributed by atoms with E-state index in [1.165, 1.54) is 35.0 Å². The summed E-state index contributed by atoms with van der Waals surface area (Å²) >= 11 is 0. The molecule has 0 atom stereocenters. The van der Waals surface area contributed by atoms with Crippen molar-refractivity contribution in [2.24, 2.45) is 0 Å². The first-order chi connectivity index (χ1) is 11.6. The number of para-hydroxylation sites is 1. The highest BCUT2D eigenvalue weighted by Gasteiger charge is 2.14. The Hall–Kier alpha value is -3.48. The molecule has 0 aliphatic rings. The summed E-state index contributed by atoms with van der Waals surface area (Å²) in [6, 6.07) is 12.5. The van der Waals surface area contributed by atoms with Crippen LogP contribution in [-0.4, -0.2) is 28.3 Å². The first-order valence-corrected chi connectivity index (χ1v) is 7.06. The molecule has 0 saturated heterocycles. The number of hydrogen-bond acceptors (Lipinski definition) is 5. The fourth-order valence-corrected chi connectivity index (χ4v) is 2.38. The highest BCUT2D eigenvalue weighted by molar-refractivity contribution is 6.02. The number of carbonyl (C=O) groups is 2. The van der Waals surface area contributed by atoms with Gasteiger partial charge in [-0.05, 0) is 18.2 Å². The van der Waals surface area contributed by atoms with Crippen molar-refractivity contribution in [1.29, 1.82) is 0 Å².